The highest BCUT2D eigenvalue weighted by atomic mass is 16.6. The Balaban J connectivity index is 1.25. The average Bonchev–Trinajstić information content (AvgIpc) is 3.60. The van der Waals surface area contributed by atoms with Crippen molar-refractivity contribution in [3.8, 4) is 22.5 Å². The van der Waals surface area contributed by atoms with Gasteiger partial charge in [0.15, 0.2) is 11.7 Å². The summed E-state index contributed by atoms with van der Waals surface area (Å²) >= 11 is 0. The predicted octanol–water partition coefficient (Wildman–Crippen LogP) is 7.49. The summed E-state index contributed by atoms with van der Waals surface area (Å²) in [6.07, 6.45) is 0.248. The number of nitrogens with zero attached hydrogens (tertiary/aromatic N) is 1. The Bertz CT molecular complexity index is 1660. The number of anilines is 1. The number of fused-ring (bicyclic) bond motifs is 1. The Labute approximate surface area is 224 Å². The SMILES string of the molecule is Cc1nc2oc(-c3ccc(-c4ccc(C5(C(=O)O)CC5)cc4)cc3)c(NC(=O)OC(C)c3ccccc3)c2o1. The van der Waals surface area contributed by atoms with Gasteiger partial charge in [0.1, 0.15) is 11.8 Å². The third-order valence-electron chi connectivity index (χ3n) is 7.21. The number of ether oxygens (including phenoxy) is 1. The first kappa shape index (κ1) is 24.5. The van der Waals surface area contributed by atoms with Crippen LogP contribution in [-0.4, -0.2) is 22.2 Å². The molecule has 1 atom stereocenters. The minimum Gasteiger partial charge on any atom is -0.481 e. The number of aliphatic carboxylic acids is 1. The predicted molar refractivity (Wildman–Crippen MR) is 145 cm³/mol. The van der Waals surface area contributed by atoms with Gasteiger partial charge in [0.2, 0.25) is 5.58 Å². The lowest BCUT2D eigenvalue weighted by Crippen LogP contribution is -2.19. The van der Waals surface area contributed by atoms with Crippen LogP contribution in [-0.2, 0) is 14.9 Å². The number of carboxylic acid groups (broad SMARTS) is 1. The lowest BCUT2D eigenvalue weighted by Gasteiger charge is -2.14. The summed E-state index contributed by atoms with van der Waals surface area (Å²) in [5.41, 5.74) is 4.58. The summed E-state index contributed by atoms with van der Waals surface area (Å²) in [6, 6.07) is 24.8. The molecule has 2 heterocycles. The summed E-state index contributed by atoms with van der Waals surface area (Å²) in [7, 11) is 0. The molecule has 0 aliphatic heterocycles. The second-order valence-electron chi connectivity index (χ2n) is 9.80. The third kappa shape index (κ3) is 4.54. The number of nitrogens with one attached hydrogen (secondary N) is 1. The number of amides is 1. The van der Waals surface area contributed by atoms with E-state index in [0.717, 1.165) is 27.8 Å². The van der Waals surface area contributed by atoms with Crippen molar-refractivity contribution in [2.45, 2.75) is 38.2 Å². The first-order valence-corrected chi connectivity index (χ1v) is 12.7. The quantitative estimate of drug-likeness (QED) is 0.227. The maximum atomic E-state index is 12.8. The van der Waals surface area contributed by atoms with Crippen molar-refractivity contribution in [1.82, 2.24) is 4.98 Å². The van der Waals surface area contributed by atoms with E-state index in [1.807, 2.05) is 78.9 Å². The van der Waals surface area contributed by atoms with Gasteiger partial charge in [0, 0.05) is 12.5 Å². The van der Waals surface area contributed by atoms with Crippen LogP contribution in [0.5, 0.6) is 0 Å². The summed E-state index contributed by atoms with van der Waals surface area (Å²) in [4.78, 5) is 28.7. The second kappa shape index (κ2) is 9.47. The maximum absolute atomic E-state index is 12.8. The number of carbonyl (C=O) groups excluding carboxylic acids is 1. The number of hydrogen-bond donors (Lipinski definition) is 2. The van der Waals surface area contributed by atoms with Gasteiger partial charge < -0.3 is 18.7 Å². The molecule has 1 unspecified atom stereocenters. The highest BCUT2D eigenvalue weighted by Crippen LogP contribution is 2.48. The Hall–Kier alpha value is -4.85. The summed E-state index contributed by atoms with van der Waals surface area (Å²) in [5.74, 6) is 0.0508. The van der Waals surface area contributed by atoms with Crippen LogP contribution < -0.4 is 5.32 Å². The van der Waals surface area contributed by atoms with E-state index in [9.17, 15) is 14.7 Å². The first-order chi connectivity index (χ1) is 18.8. The van der Waals surface area contributed by atoms with Gasteiger partial charge in [0.05, 0.1) is 5.41 Å². The molecule has 0 saturated heterocycles. The molecular weight excluding hydrogens is 496 g/mol. The average molecular weight is 523 g/mol. The molecule has 39 heavy (non-hydrogen) atoms. The van der Waals surface area contributed by atoms with Crippen LogP contribution in [0.4, 0.5) is 10.5 Å². The van der Waals surface area contributed by atoms with Crippen LogP contribution in [0.2, 0.25) is 0 Å². The number of oxazole rings is 1. The third-order valence-corrected chi connectivity index (χ3v) is 7.21. The van der Waals surface area contributed by atoms with Crippen molar-refractivity contribution >= 4 is 29.0 Å². The maximum Gasteiger partial charge on any atom is 0.412 e. The molecule has 0 bridgehead atoms. The molecule has 2 aromatic heterocycles. The standard InChI is InChI=1S/C31H26N2O6/c1-18(20-6-4-3-5-7-20)37-30(36)33-25-26(39-28-27(25)38-19(2)32-28)23-10-8-21(9-11-23)22-12-14-24(15-13-22)31(16-17-31)29(34)35/h3-15,18H,16-17H2,1-2H3,(H,33,36)(H,34,35). The number of rotatable bonds is 7. The van der Waals surface area contributed by atoms with Crippen LogP contribution >= 0.6 is 0 Å². The molecule has 1 fully saturated rings. The fourth-order valence-electron chi connectivity index (χ4n) is 4.83. The zero-order chi connectivity index (χ0) is 27.1. The number of furan rings is 1. The van der Waals surface area contributed by atoms with Crippen molar-refractivity contribution in [2.24, 2.45) is 0 Å². The normalized spacial score (nSPS) is 14.6. The van der Waals surface area contributed by atoms with Gasteiger partial charge in [-0.15, -0.1) is 0 Å². The highest BCUT2D eigenvalue weighted by molar-refractivity contribution is 6.01. The lowest BCUT2D eigenvalue weighted by molar-refractivity contribution is -0.140. The Morgan fingerprint density at radius 1 is 0.923 bits per heavy atom. The fourth-order valence-corrected chi connectivity index (χ4v) is 4.83. The summed E-state index contributed by atoms with van der Waals surface area (Å²) < 4.78 is 17.3. The Morgan fingerprint density at radius 2 is 1.54 bits per heavy atom. The van der Waals surface area contributed by atoms with E-state index in [1.54, 1.807) is 13.8 Å². The molecule has 6 rings (SSSR count). The molecule has 0 radical (unpaired) electrons. The van der Waals surface area contributed by atoms with E-state index < -0.39 is 23.6 Å². The number of hydrogen-bond acceptors (Lipinski definition) is 6. The van der Waals surface area contributed by atoms with Gasteiger partial charge in [-0.2, -0.15) is 4.98 Å². The molecule has 2 N–H and O–H groups in total. The minimum atomic E-state index is -0.767. The smallest absolute Gasteiger partial charge is 0.412 e. The van der Waals surface area contributed by atoms with Crippen LogP contribution in [0.25, 0.3) is 33.7 Å². The molecule has 1 aliphatic carbocycles. The molecule has 8 heteroatoms. The van der Waals surface area contributed by atoms with Crippen LogP contribution in [0.1, 0.15) is 42.9 Å². The fraction of sp³-hybridized carbons (Fsp3) is 0.194. The van der Waals surface area contributed by atoms with Gasteiger partial charge in [0.25, 0.3) is 5.71 Å². The molecular formula is C31H26N2O6. The monoisotopic (exact) mass is 522 g/mol. The van der Waals surface area contributed by atoms with Crippen molar-refractivity contribution in [1.29, 1.82) is 0 Å². The zero-order valence-corrected chi connectivity index (χ0v) is 21.4. The van der Waals surface area contributed by atoms with E-state index in [1.165, 1.54) is 0 Å². The van der Waals surface area contributed by atoms with Crippen LogP contribution in [0.3, 0.4) is 0 Å². The van der Waals surface area contributed by atoms with Crippen molar-refractivity contribution in [3.05, 3.63) is 95.9 Å². The molecule has 1 aliphatic rings. The Morgan fingerprint density at radius 3 is 2.15 bits per heavy atom. The number of carbonyl (C=O) groups is 2. The van der Waals surface area contributed by atoms with E-state index in [-0.39, 0.29) is 5.71 Å². The zero-order valence-electron chi connectivity index (χ0n) is 21.4. The first-order valence-electron chi connectivity index (χ1n) is 12.7. The summed E-state index contributed by atoms with van der Waals surface area (Å²) in [5, 5.41) is 12.3. The van der Waals surface area contributed by atoms with Gasteiger partial charge in [-0.25, -0.2) is 4.79 Å². The molecule has 0 spiro atoms. The van der Waals surface area contributed by atoms with Crippen LogP contribution in [0, 0.1) is 6.92 Å². The van der Waals surface area contributed by atoms with Crippen molar-refractivity contribution in [2.75, 3.05) is 5.32 Å². The molecule has 3 aromatic carbocycles. The topological polar surface area (TPSA) is 115 Å². The molecule has 1 amide bonds. The van der Waals surface area contributed by atoms with Gasteiger partial charge in [-0.1, -0.05) is 78.9 Å². The second-order valence-corrected chi connectivity index (χ2v) is 9.80. The molecule has 5 aromatic rings. The van der Waals surface area contributed by atoms with Crippen molar-refractivity contribution < 1.29 is 28.3 Å². The van der Waals surface area contributed by atoms with Crippen LogP contribution in [0.15, 0.2) is 87.7 Å². The molecule has 1 saturated carbocycles. The van der Waals surface area contributed by atoms with Crippen molar-refractivity contribution in [3.63, 3.8) is 0 Å². The highest BCUT2D eigenvalue weighted by Gasteiger charge is 2.51. The van der Waals surface area contributed by atoms with Gasteiger partial charge >= 0.3 is 12.1 Å². The Kier molecular flexibility index (Phi) is 5.95. The van der Waals surface area contributed by atoms with Gasteiger partial charge in [-0.3, -0.25) is 10.1 Å². The minimum absolute atomic E-state index is 0.279. The van der Waals surface area contributed by atoms with E-state index in [4.69, 9.17) is 13.6 Å². The number of aryl methyl sites for hydroxylation is 1. The molecule has 196 valence electrons. The number of aromatic nitrogens is 1. The molecule has 8 nitrogen and oxygen atoms in total. The summed E-state index contributed by atoms with van der Waals surface area (Å²) in [6.45, 7) is 3.51. The van der Waals surface area contributed by atoms with E-state index >= 15 is 0 Å². The van der Waals surface area contributed by atoms with E-state index in [0.29, 0.717) is 35.8 Å². The number of benzene rings is 3. The van der Waals surface area contributed by atoms with E-state index in [2.05, 4.69) is 10.3 Å². The van der Waals surface area contributed by atoms with Gasteiger partial charge in [-0.05, 0) is 42.0 Å². The lowest BCUT2D eigenvalue weighted by atomic mass is 9.93. The number of carboxylic acids is 1. The largest absolute Gasteiger partial charge is 0.481 e.